The van der Waals surface area contributed by atoms with Gasteiger partial charge in [-0.05, 0) is 24.3 Å². The Hall–Kier alpha value is -2.24. The first kappa shape index (κ1) is 16.1. The number of alkyl halides is 4. The molecule has 118 valence electrons. The molecule has 0 aliphatic rings. The van der Waals surface area contributed by atoms with E-state index in [4.69, 9.17) is 9.47 Å². The molecule has 0 amide bonds. The third-order valence-corrected chi connectivity index (χ3v) is 3.28. The van der Waals surface area contributed by atoms with Crippen LogP contribution >= 0.6 is 0 Å². The standard InChI is InChI=1S/C16H14F4O2/c1-21-13-9-5-3-7-11(13)15(17,18)16(19,20)12-8-4-6-10-14(12)22-2/h3-10H,1-2H3. The molecule has 0 saturated heterocycles. The largest absolute Gasteiger partial charge is 0.496 e. The maximum Gasteiger partial charge on any atom is 0.343 e. The Balaban J connectivity index is 2.60. The van der Waals surface area contributed by atoms with E-state index in [-0.39, 0.29) is 11.5 Å². The summed E-state index contributed by atoms with van der Waals surface area (Å²) in [5, 5.41) is 0. The number of para-hydroxylation sites is 2. The maximum atomic E-state index is 14.5. The Kier molecular flexibility index (Phi) is 4.30. The van der Waals surface area contributed by atoms with Gasteiger partial charge in [-0.25, -0.2) is 0 Å². The monoisotopic (exact) mass is 314 g/mol. The van der Waals surface area contributed by atoms with Gasteiger partial charge in [-0.15, -0.1) is 0 Å². The molecule has 2 nitrogen and oxygen atoms in total. The van der Waals surface area contributed by atoms with Gasteiger partial charge in [0.25, 0.3) is 0 Å². The van der Waals surface area contributed by atoms with Crippen LogP contribution in [0.1, 0.15) is 11.1 Å². The van der Waals surface area contributed by atoms with Gasteiger partial charge in [-0.2, -0.15) is 17.6 Å². The van der Waals surface area contributed by atoms with Crippen LogP contribution < -0.4 is 9.47 Å². The molecule has 0 bridgehead atoms. The summed E-state index contributed by atoms with van der Waals surface area (Å²) in [5.41, 5.74) is -1.76. The third-order valence-electron chi connectivity index (χ3n) is 3.28. The fourth-order valence-corrected chi connectivity index (χ4v) is 2.15. The van der Waals surface area contributed by atoms with Crippen LogP contribution in [0.4, 0.5) is 17.6 Å². The van der Waals surface area contributed by atoms with Crippen LogP contribution in [0, 0.1) is 0 Å². The molecule has 2 aromatic carbocycles. The summed E-state index contributed by atoms with van der Waals surface area (Å²) in [6.45, 7) is 0. The molecule has 2 rings (SSSR count). The zero-order valence-electron chi connectivity index (χ0n) is 11.9. The first-order valence-electron chi connectivity index (χ1n) is 6.39. The Morgan fingerprint density at radius 1 is 0.636 bits per heavy atom. The van der Waals surface area contributed by atoms with Crippen LogP contribution in [0.2, 0.25) is 0 Å². The lowest BCUT2D eigenvalue weighted by Crippen LogP contribution is -2.36. The number of hydrogen-bond acceptors (Lipinski definition) is 2. The number of benzene rings is 2. The average molecular weight is 314 g/mol. The molecule has 0 fully saturated rings. The molecule has 0 atom stereocenters. The van der Waals surface area contributed by atoms with Crippen molar-refractivity contribution in [2.24, 2.45) is 0 Å². The van der Waals surface area contributed by atoms with Crippen molar-refractivity contribution in [1.29, 1.82) is 0 Å². The maximum absolute atomic E-state index is 14.5. The van der Waals surface area contributed by atoms with Crippen LogP contribution in [-0.4, -0.2) is 14.2 Å². The lowest BCUT2D eigenvalue weighted by atomic mass is 9.94. The molecule has 0 aliphatic carbocycles. The number of halogens is 4. The highest BCUT2D eigenvalue weighted by atomic mass is 19.3. The molecular formula is C16H14F4O2. The second kappa shape index (κ2) is 5.87. The van der Waals surface area contributed by atoms with E-state index in [0.29, 0.717) is 0 Å². The van der Waals surface area contributed by atoms with E-state index in [1.165, 1.54) is 36.4 Å². The normalized spacial score (nSPS) is 12.1. The van der Waals surface area contributed by atoms with Crippen molar-refractivity contribution in [2.45, 2.75) is 11.8 Å². The number of hydrogen-bond donors (Lipinski definition) is 0. The fraction of sp³-hybridized carbons (Fsp3) is 0.250. The molecule has 6 heteroatoms. The van der Waals surface area contributed by atoms with Crippen LogP contribution in [0.25, 0.3) is 0 Å². The highest BCUT2D eigenvalue weighted by molar-refractivity contribution is 5.43. The second-order valence-corrected chi connectivity index (χ2v) is 4.55. The molecule has 0 unspecified atom stereocenters. The van der Waals surface area contributed by atoms with Gasteiger partial charge in [0, 0.05) is 0 Å². The third kappa shape index (κ3) is 2.49. The minimum absolute atomic E-state index is 0.304. The predicted molar refractivity (Wildman–Crippen MR) is 73.8 cm³/mol. The van der Waals surface area contributed by atoms with Crippen molar-refractivity contribution in [1.82, 2.24) is 0 Å². The predicted octanol–water partition coefficient (Wildman–Crippen LogP) is 4.59. The van der Waals surface area contributed by atoms with Gasteiger partial charge in [0.1, 0.15) is 11.5 Å². The molecule has 0 saturated carbocycles. The summed E-state index contributed by atoms with van der Waals surface area (Å²) < 4.78 is 67.5. The van der Waals surface area contributed by atoms with Gasteiger partial charge in [-0.1, -0.05) is 24.3 Å². The first-order chi connectivity index (χ1) is 10.4. The summed E-state index contributed by atoms with van der Waals surface area (Å²) >= 11 is 0. The second-order valence-electron chi connectivity index (χ2n) is 4.55. The summed E-state index contributed by atoms with van der Waals surface area (Å²) in [6, 6.07) is 9.63. The van der Waals surface area contributed by atoms with E-state index < -0.39 is 23.0 Å². The van der Waals surface area contributed by atoms with Crippen molar-refractivity contribution in [3.05, 3.63) is 59.7 Å². The Bertz CT molecular complexity index is 599. The molecule has 0 aromatic heterocycles. The Morgan fingerprint density at radius 3 is 1.27 bits per heavy atom. The number of ether oxygens (including phenoxy) is 2. The van der Waals surface area contributed by atoms with Crippen molar-refractivity contribution in [3.8, 4) is 11.5 Å². The molecule has 0 spiro atoms. The molecule has 0 radical (unpaired) electrons. The van der Waals surface area contributed by atoms with Crippen LogP contribution in [0.3, 0.4) is 0 Å². The van der Waals surface area contributed by atoms with Gasteiger partial charge >= 0.3 is 11.8 Å². The summed E-state index contributed by atoms with van der Waals surface area (Å²) in [6.07, 6.45) is 0. The molecule has 0 aliphatic heterocycles. The fourth-order valence-electron chi connectivity index (χ4n) is 2.15. The van der Waals surface area contributed by atoms with E-state index in [2.05, 4.69) is 0 Å². The van der Waals surface area contributed by atoms with Gasteiger partial charge < -0.3 is 9.47 Å². The number of rotatable bonds is 5. The Labute approximate surface area is 125 Å². The lowest BCUT2D eigenvalue weighted by Gasteiger charge is -2.29. The highest BCUT2D eigenvalue weighted by Crippen LogP contribution is 2.53. The Morgan fingerprint density at radius 2 is 0.955 bits per heavy atom. The van der Waals surface area contributed by atoms with Crippen LogP contribution in [0.15, 0.2) is 48.5 Å². The van der Waals surface area contributed by atoms with Gasteiger partial charge in [0.15, 0.2) is 0 Å². The van der Waals surface area contributed by atoms with Crippen molar-refractivity contribution in [3.63, 3.8) is 0 Å². The van der Waals surface area contributed by atoms with E-state index in [1.807, 2.05) is 0 Å². The smallest absolute Gasteiger partial charge is 0.343 e. The molecule has 22 heavy (non-hydrogen) atoms. The van der Waals surface area contributed by atoms with Crippen molar-refractivity contribution >= 4 is 0 Å². The molecule has 0 N–H and O–H groups in total. The molecular weight excluding hydrogens is 300 g/mol. The first-order valence-corrected chi connectivity index (χ1v) is 6.39. The van der Waals surface area contributed by atoms with Crippen LogP contribution in [0.5, 0.6) is 11.5 Å². The van der Waals surface area contributed by atoms with E-state index in [9.17, 15) is 17.6 Å². The summed E-state index contributed by atoms with van der Waals surface area (Å²) in [5.74, 6) is -9.54. The van der Waals surface area contributed by atoms with Gasteiger partial charge in [-0.3, -0.25) is 0 Å². The minimum atomic E-state index is -4.46. The van der Waals surface area contributed by atoms with Crippen LogP contribution in [-0.2, 0) is 11.8 Å². The minimum Gasteiger partial charge on any atom is -0.496 e. The van der Waals surface area contributed by atoms with Crippen molar-refractivity contribution in [2.75, 3.05) is 14.2 Å². The zero-order valence-corrected chi connectivity index (χ0v) is 11.9. The van der Waals surface area contributed by atoms with Gasteiger partial charge in [0.05, 0.1) is 25.3 Å². The quantitative estimate of drug-likeness (QED) is 0.752. The van der Waals surface area contributed by atoms with E-state index in [1.54, 1.807) is 0 Å². The lowest BCUT2D eigenvalue weighted by molar-refractivity contribution is -0.225. The SMILES string of the molecule is COc1ccccc1C(F)(F)C(F)(F)c1ccccc1OC. The molecule has 2 aromatic rings. The molecule has 0 heterocycles. The highest BCUT2D eigenvalue weighted by Gasteiger charge is 2.60. The zero-order chi connectivity index (χ0) is 16.4. The van der Waals surface area contributed by atoms with E-state index in [0.717, 1.165) is 26.4 Å². The number of methoxy groups -OCH3 is 2. The van der Waals surface area contributed by atoms with E-state index >= 15 is 0 Å². The average Bonchev–Trinajstić information content (AvgIpc) is 2.54. The summed E-state index contributed by atoms with van der Waals surface area (Å²) in [7, 11) is 2.30. The van der Waals surface area contributed by atoms with Crippen molar-refractivity contribution < 1.29 is 27.0 Å². The van der Waals surface area contributed by atoms with Gasteiger partial charge in [0.2, 0.25) is 0 Å². The topological polar surface area (TPSA) is 18.5 Å². The summed E-state index contributed by atoms with van der Waals surface area (Å²) in [4.78, 5) is 0.